The van der Waals surface area contributed by atoms with Crippen molar-refractivity contribution < 1.29 is 17.9 Å². The van der Waals surface area contributed by atoms with Gasteiger partial charge in [-0.05, 0) is 43.6 Å². The molecule has 1 fully saturated rings. The summed E-state index contributed by atoms with van der Waals surface area (Å²) in [6, 6.07) is 4.00. The Labute approximate surface area is 136 Å². The summed E-state index contributed by atoms with van der Waals surface area (Å²) >= 11 is 0. The van der Waals surface area contributed by atoms with Crippen LogP contribution in [0.15, 0.2) is 23.1 Å². The Morgan fingerprint density at radius 1 is 1.48 bits per heavy atom. The lowest BCUT2D eigenvalue weighted by Crippen LogP contribution is -2.31. The van der Waals surface area contributed by atoms with E-state index >= 15 is 0 Å². The van der Waals surface area contributed by atoms with Crippen LogP contribution in [-0.4, -0.2) is 52.5 Å². The number of likely N-dealkylation sites (tertiary alicyclic amines) is 1. The molecule has 3 N–H and O–H groups in total. The molecule has 0 spiro atoms. The molecule has 1 aliphatic heterocycles. The van der Waals surface area contributed by atoms with E-state index in [4.69, 9.17) is 9.88 Å². The number of primary sulfonamides is 1. The number of sulfonamides is 1. The summed E-state index contributed by atoms with van der Waals surface area (Å²) in [5.41, 5.74) is 0.171. The number of nitrogens with two attached hydrogens (primary N) is 1. The molecule has 1 amide bonds. The Morgan fingerprint density at radius 3 is 2.78 bits per heavy atom. The minimum atomic E-state index is -3.87. The highest BCUT2D eigenvalue weighted by Crippen LogP contribution is 2.22. The van der Waals surface area contributed by atoms with Crippen LogP contribution >= 0.6 is 0 Å². The number of nitrogens with zero attached hydrogens (tertiary/aromatic N) is 1. The van der Waals surface area contributed by atoms with E-state index in [1.807, 2.05) is 0 Å². The summed E-state index contributed by atoms with van der Waals surface area (Å²) in [6.45, 7) is 5.68. The zero-order valence-corrected chi connectivity index (χ0v) is 14.2. The zero-order valence-electron chi connectivity index (χ0n) is 13.4. The molecule has 0 bridgehead atoms. The van der Waals surface area contributed by atoms with Crippen molar-refractivity contribution in [2.75, 3.05) is 33.3 Å². The Balaban J connectivity index is 2.09. The third kappa shape index (κ3) is 4.43. The highest BCUT2D eigenvalue weighted by Gasteiger charge is 2.23. The van der Waals surface area contributed by atoms with Gasteiger partial charge in [0.1, 0.15) is 5.75 Å². The monoisotopic (exact) mass is 341 g/mol. The Bertz CT molecular complexity index is 675. The largest absolute Gasteiger partial charge is 0.496 e. The summed E-state index contributed by atoms with van der Waals surface area (Å²) in [5, 5.41) is 7.97. The van der Waals surface area contributed by atoms with Crippen molar-refractivity contribution in [3.63, 3.8) is 0 Å². The molecule has 1 heterocycles. The maximum Gasteiger partial charge on any atom is 0.255 e. The highest BCUT2D eigenvalue weighted by molar-refractivity contribution is 7.89. The van der Waals surface area contributed by atoms with E-state index in [2.05, 4.69) is 17.1 Å². The van der Waals surface area contributed by atoms with E-state index in [-0.39, 0.29) is 16.4 Å². The molecule has 1 atom stereocenters. The van der Waals surface area contributed by atoms with Gasteiger partial charge in [-0.1, -0.05) is 6.92 Å². The van der Waals surface area contributed by atoms with Gasteiger partial charge in [-0.3, -0.25) is 4.79 Å². The van der Waals surface area contributed by atoms with Gasteiger partial charge in [-0.2, -0.15) is 0 Å². The lowest BCUT2D eigenvalue weighted by molar-refractivity contribution is 0.0944. The molecule has 23 heavy (non-hydrogen) atoms. The molecule has 8 heteroatoms. The normalized spacial score (nSPS) is 18.8. The molecule has 0 saturated carbocycles. The van der Waals surface area contributed by atoms with Gasteiger partial charge in [0.15, 0.2) is 0 Å². The summed E-state index contributed by atoms with van der Waals surface area (Å²) in [7, 11) is -2.44. The van der Waals surface area contributed by atoms with E-state index in [0.29, 0.717) is 18.2 Å². The quantitative estimate of drug-likeness (QED) is 0.780. The summed E-state index contributed by atoms with van der Waals surface area (Å²) in [6.07, 6.45) is 1.04. The molecule has 0 unspecified atom stereocenters. The first-order valence-corrected chi connectivity index (χ1v) is 9.11. The Morgan fingerprint density at radius 2 is 2.22 bits per heavy atom. The van der Waals surface area contributed by atoms with E-state index in [1.165, 1.54) is 25.3 Å². The number of hydrogen-bond acceptors (Lipinski definition) is 5. The van der Waals surface area contributed by atoms with Gasteiger partial charge in [0.25, 0.3) is 5.91 Å². The number of carbonyl (C=O) groups is 1. The van der Waals surface area contributed by atoms with Gasteiger partial charge < -0.3 is 15.0 Å². The van der Waals surface area contributed by atoms with Crippen LogP contribution in [0.4, 0.5) is 0 Å². The average molecular weight is 341 g/mol. The van der Waals surface area contributed by atoms with Gasteiger partial charge in [-0.15, -0.1) is 0 Å². The van der Waals surface area contributed by atoms with Gasteiger partial charge >= 0.3 is 0 Å². The van der Waals surface area contributed by atoms with Crippen molar-refractivity contribution in [2.45, 2.75) is 18.2 Å². The van der Waals surface area contributed by atoms with Crippen molar-refractivity contribution in [3.05, 3.63) is 23.8 Å². The van der Waals surface area contributed by atoms with E-state index < -0.39 is 10.0 Å². The summed E-state index contributed by atoms with van der Waals surface area (Å²) in [5.74, 6) is 0.366. The highest BCUT2D eigenvalue weighted by atomic mass is 32.2. The van der Waals surface area contributed by atoms with Gasteiger partial charge in [0.05, 0.1) is 17.6 Å². The van der Waals surface area contributed by atoms with Crippen molar-refractivity contribution >= 4 is 15.9 Å². The number of rotatable bonds is 6. The molecule has 1 saturated heterocycles. The van der Waals surface area contributed by atoms with Crippen LogP contribution in [0.1, 0.15) is 23.7 Å². The van der Waals surface area contributed by atoms with Crippen LogP contribution < -0.4 is 15.2 Å². The van der Waals surface area contributed by atoms with Crippen LogP contribution in [0.2, 0.25) is 0 Å². The topological polar surface area (TPSA) is 102 Å². The van der Waals surface area contributed by atoms with E-state index in [0.717, 1.165) is 26.1 Å². The fraction of sp³-hybridized carbons (Fsp3) is 0.533. The van der Waals surface area contributed by atoms with Crippen molar-refractivity contribution in [1.82, 2.24) is 10.2 Å². The molecule has 2 rings (SSSR count). The molecule has 1 aliphatic rings. The van der Waals surface area contributed by atoms with Crippen LogP contribution in [0, 0.1) is 5.92 Å². The minimum absolute atomic E-state index is 0.110. The van der Waals surface area contributed by atoms with Crippen LogP contribution in [0.5, 0.6) is 5.75 Å². The first-order chi connectivity index (χ1) is 10.8. The first-order valence-electron chi connectivity index (χ1n) is 7.56. The predicted molar refractivity (Wildman–Crippen MR) is 86.9 cm³/mol. The second-order valence-electron chi connectivity index (χ2n) is 5.67. The second-order valence-corrected chi connectivity index (χ2v) is 7.23. The van der Waals surface area contributed by atoms with Crippen LogP contribution in [0.25, 0.3) is 0 Å². The fourth-order valence-corrected chi connectivity index (χ4v) is 3.28. The summed E-state index contributed by atoms with van der Waals surface area (Å²) < 4.78 is 28.0. The second kappa shape index (κ2) is 7.29. The smallest absolute Gasteiger partial charge is 0.255 e. The molecular formula is C15H23N3O4S. The molecule has 0 aliphatic carbocycles. The van der Waals surface area contributed by atoms with Gasteiger partial charge in [0.2, 0.25) is 10.0 Å². The number of carbonyl (C=O) groups excluding carboxylic acids is 1. The maximum absolute atomic E-state index is 12.4. The van der Waals surface area contributed by atoms with Crippen LogP contribution in [-0.2, 0) is 10.0 Å². The van der Waals surface area contributed by atoms with Gasteiger partial charge in [-0.25, -0.2) is 13.6 Å². The van der Waals surface area contributed by atoms with Crippen molar-refractivity contribution in [3.8, 4) is 5.75 Å². The molecule has 7 nitrogen and oxygen atoms in total. The third-order valence-corrected chi connectivity index (χ3v) is 5.02. The van der Waals surface area contributed by atoms with E-state index in [9.17, 15) is 13.2 Å². The molecule has 1 aromatic rings. The zero-order chi connectivity index (χ0) is 17.0. The SMILES string of the molecule is CCN1CC[C@H](CNC(=O)c2cc(S(N)(=O)=O)ccc2OC)C1. The minimum Gasteiger partial charge on any atom is -0.496 e. The number of nitrogens with one attached hydrogen (secondary N) is 1. The molecule has 0 radical (unpaired) electrons. The standard InChI is InChI=1S/C15H23N3O4S/c1-3-18-7-6-11(10-18)9-17-15(19)13-8-12(23(16,20)21)4-5-14(13)22-2/h4-5,8,11H,3,6-7,9-10H2,1-2H3,(H,17,19)(H2,16,20,21)/t11-/m1/s1. The lowest BCUT2D eigenvalue weighted by atomic mass is 10.1. The number of hydrogen-bond donors (Lipinski definition) is 2. The maximum atomic E-state index is 12.4. The Hall–Kier alpha value is -1.64. The summed E-state index contributed by atoms with van der Waals surface area (Å²) in [4.78, 5) is 14.6. The van der Waals surface area contributed by atoms with E-state index in [1.54, 1.807) is 0 Å². The van der Waals surface area contributed by atoms with Crippen molar-refractivity contribution in [2.24, 2.45) is 11.1 Å². The van der Waals surface area contributed by atoms with Crippen LogP contribution in [0.3, 0.4) is 0 Å². The number of benzene rings is 1. The number of amides is 1. The molecule has 0 aromatic heterocycles. The first kappa shape index (κ1) is 17.7. The fourth-order valence-electron chi connectivity index (χ4n) is 2.74. The average Bonchev–Trinajstić information content (AvgIpc) is 2.99. The van der Waals surface area contributed by atoms with Gasteiger partial charge in [0, 0.05) is 13.1 Å². The van der Waals surface area contributed by atoms with Crippen molar-refractivity contribution in [1.29, 1.82) is 0 Å². The number of ether oxygens (including phenoxy) is 1. The number of methoxy groups -OCH3 is 1. The predicted octanol–water partition coefficient (Wildman–Crippen LogP) is 0.414. The molecular weight excluding hydrogens is 318 g/mol. The molecule has 128 valence electrons. The Kier molecular flexibility index (Phi) is 5.61. The third-order valence-electron chi connectivity index (χ3n) is 4.11. The lowest BCUT2D eigenvalue weighted by Gasteiger charge is -2.15. The molecule has 1 aromatic carbocycles.